The van der Waals surface area contributed by atoms with Crippen LogP contribution in [0.1, 0.15) is 49.5 Å². The van der Waals surface area contributed by atoms with E-state index in [0.717, 1.165) is 0 Å². The van der Waals surface area contributed by atoms with Gasteiger partial charge in [-0.25, -0.2) is 9.79 Å². The fourth-order valence-electron chi connectivity index (χ4n) is 5.13. The molecule has 0 spiro atoms. The Morgan fingerprint density at radius 1 is 1.04 bits per heavy atom. The van der Waals surface area contributed by atoms with Crippen molar-refractivity contribution in [3.05, 3.63) is 123 Å². The maximum Gasteiger partial charge on any atom is 0.356 e. The van der Waals surface area contributed by atoms with E-state index in [9.17, 15) is 29.3 Å². The van der Waals surface area contributed by atoms with Crippen LogP contribution in [0.25, 0.3) is 0 Å². The minimum atomic E-state index is -2.02. The molecule has 5 rings (SSSR count). The lowest BCUT2D eigenvalue weighted by Crippen LogP contribution is -2.74. The van der Waals surface area contributed by atoms with Crippen molar-refractivity contribution < 1.29 is 38.3 Å². The van der Waals surface area contributed by atoms with Crippen LogP contribution in [0.2, 0.25) is 0 Å². The minimum absolute atomic E-state index is 0.0255. The van der Waals surface area contributed by atoms with Gasteiger partial charge in [-0.05, 0) is 35.2 Å². The Morgan fingerprint density at radius 3 is 2.21 bits per heavy atom. The first-order valence-corrected chi connectivity index (χ1v) is 15.8. The summed E-state index contributed by atoms with van der Waals surface area (Å²) < 4.78 is 17.1. The Bertz CT molecular complexity index is 1690. The molecule has 0 radical (unpaired) electrons. The zero-order valence-corrected chi connectivity index (χ0v) is 26.4. The molecule has 1 amide bonds. The molecule has 0 saturated carbocycles. The molecule has 12 nitrogen and oxygen atoms in total. The van der Waals surface area contributed by atoms with Crippen LogP contribution in [0, 0.1) is 10.1 Å². The number of carbonyl (C=O) groups excluding carboxylic acids is 4. The zero-order valence-electron chi connectivity index (χ0n) is 25.6. The number of ether oxygens (including phenoxy) is 3. The number of non-ortho nitro benzene ring substituents is 1. The highest BCUT2D eigenvalue weighted by Gasteiger charge is 2.68. The van der Waals surface area contributed by atoms with Crippen molar-refractivity contribution in [1.82, 2.24) is 4.90 Å². The molecule has 242 valence electrons. The van der Waals surface area contributed by atoms with Crippen LogP contribution in [-0.4, -0.2) is 63.3 Å². The highest BCUT2D eigenvalue weighted by molar-refractivity contribution is 8.00. The van der Waals surface area contributed by atoms with E-state index in [1.165, 1.54) is 54.1 Å². The molecule has 1 fully saturated rings. The van der Waals surface area contributed by atoms with Crippen LogP contribution in [-0.2, 0) is 33.4 Å². The summed E-state index contributed by atoms with van der Waals surface area (Å²) >= 11 is 1.19. The van der Waals surface area contributed by atoms with E-state index in [2.05, 4.69) is 4.99 Å². The minimum Gasteiger partial charge on any atom is -0.461 e. The quantitative estimate of drug-likeness (QED) is 0.0640. The molecular weight excluding hydrogens is 626 g/mol. The predicted octanol–water partition coefficient (Wildman–Crippen LogP) is 5.12. The lowest BCUT2D eigenvalue weighted by Gasteiger charge is -2.53. The van der Waals surface area contributed by atoms with Gasteiger partial charge in [0.2, 0.25) is 0 Å². The Labute approximate surface area is 274 Å². The first-order chi connectivity index (χ1) is 22.6. The van der Waals surface area contributed by atoms with Gasteiger partial charge in [-0.1, -0.05) is 67.6 Å². The van der Waals surface area contributed by atoms with E-state index in [-0.39, 0.29) is 30.2 Å². The summed E-state index contributed by atoms with van der Waals surface area (Å²) in [6.45, 7) is 2.75. The van der Waals surface area contributed by atoms with Gasteiger partial charge in [0.1, 0.15) is 12.3 Å². The average Bonchev–Trinajstić information content (AvgIpc) is 3.08. The molecule has 13 heteroatoms. The lowest BCUT2D eigenvalue weighted by atomic mass is 9.98. The maximum absolute atomic E-state index is 14.1. The molecule has 3 aromatic rings. The fourth-order valence-corrected chi connectivity index (χ4v) is 6.49. The van der Waals surface area contributed by atoms with E-state index in [1.54, 1.807) is 6.92 Å². The SMILES string of the molecule is CCCC(=O)O[C@]1(N=Cc2ccc([N+](=O)[O-])cc2)C(=O)N2C(C(=O)OC(c3ccccc3)c3ccccc3)=C(COC(C)=O)CS[C@@H]21. The van der Waals surface area contributed by atoms with Crippen molar-refractivity contribution in [2.24, 2.45) is 4.99 Å². The monoisotopic (exact) mass is 657 g/mol. The third-order valence-electron chi connectivity index (χ3n) is 7.39. The van der Waals surface area contributed by atoms with Crippen LogP contribution in [0.4, 0.5) is 5.69 Å². The average molecular weight is 658 g/mol. The Kier molecular flexibility index (Phi) is 10.1. The number of thioether (sulfide) groups is 1. The number of esters is 3. The summed E-state index contributed by atoms with van der Waals surface area (Å²) in [7, 11) is 0. The number of hydrogen-bond donors (Lipinski definition) is 0. The van der Waals surface area contributed by atoms with Crippen molar-refractivity contribution in [2.45, 2.75) is 43.9 Å². The third-order valence-corrected chi connectivity index (χ3v) is 8.75. The van der Waals surface area contributed by atoms with Gasteiger partial charge in [-0.3, -0.25) is 29.4 Å². The number of nitrogens with zero attached hydrogens (tertiary/aromatic N) is 3. The van der Waals surface area contributed by atoms with Gasteiger partial charge in [-0.15, -0.1) is 11.8 Å². The number of amides is 1. The summed E-state index contributed by atoms with van der Waals surface area (Å²) in [5.41, 5.74) is -0.110. The van der Waals surface area contributed by atoms with E-state index < -0.39 is 45.9 Å². The molecule has 3 aromatic carbocycles. The second-order valence-corrected chi connectivity index (χ2v) is 11.8. The number of nitro benzene ring substituents is 1. The highest BCUT2D eigenvalue weighted by atomic mass is 32.2. The van der Waals surface area contributed by atoms with Crippen molar-refractivity contribution in [1.29, 1.82) is 0 Å². The Hall–Kier alpha value is -5.30. The van der Waals surface area contributed by atoms with Gasteiger partial charge >= 0.3 is 23.6 Å². The molecule has 0 aromatic heterocycles. The summed E-state index contributed by atoms with van der Waals surface area (Å²) in [6, 6.07) is 23.7. The summed E-state index contributed by atoms with van der Waals surface area (Å²) in [4.78, 5) is 68.9. The molecule has 2 heterocycles. The smallest absolute Gasteiger partial charge is 0.356 e. The van der Waals surface area contributed by atoms with Gasteiger partial charge in [-0.2, -0.15) is 0 Å². The van der Waals surface area contributed by atoms with E-state index in [4.69, 9.17) is 14.2 Å². The van der Waals surface area contributed by atoms with Crippen LogP contribution >= 0.6 is 11.8 Å². The van der Waals surface area contributed by atoms with Crippen LogP contribution in [0.5, 0.6) is 0 Å². The van der Waals surface area contributed by atoms with E-state index in [0.29, 0.717) is 28.7 Å². The lowest BCUT2D eigenvalue weighted by molar-refractivity contribution is -0.384. The maximum atomic E-state index is 14.1. The van der Waals surface area contributed by atoms with Crippen LogP contribution < -0.4 is 0 Å². The zero-order chi connectivity index (χ0) is 33.6. The van der Waals surface area contributed by atoms with Crippen molar-refractivity contribution in [3.63, 3.8) is 0 Å². The molecule has 0 bridgehead atoms. The highest BCUT2D eigenvalue weighted by Crippen LogP contribution is 2.49. The van der Waals surface area contributed by atoms with E-state index in [1.807, 2.05) is 60.7 Å². The largest absolute Gasteiger partial charge is 0.461 e. The first-order valence-electron chi connectivity index (χ1n) is 14.8. The normalized spacial score (nSPS) is 18.8. The van der Waals surface area contributed by atoms with E-state index >= 15 is 0 Å². The molecular formula is C34H31N3O9S. The van der Waals surface area contributed by atoms with Crippen LogP contribution in [0.3, 0.4) is 0 Å². The molecule has 1 saturated heterocycles. The second kappa shape index (κ2) is 14.4. The Morgan fingerprint density at radius 2 is 1.66 bits per heavy atom. The molecule has 47 heavy (non-hydrogen) atoms. The summed E-state index contributed by atoms with van der Waals surface area (Å²) in [5, 5.41) is 10.1. The molecule has 0 N–H and O–H groups in total. The topological polar surface area (TPSA) is 155 Å². The van der Waals surface area contributed by atoms with Gasteiger partial charge in [0.15, 0.2) is 11.5 Å². The molecule has 0 unspecified atom stereocenters. The fraction of sp³-hybridized carbons (Fsp3) is 0.265. The second-order valence-electron chi connectivity index (χ2n) is 10.7. The van der Waals surface area contributed by atoms with Gasteiger partial charge in [0, 0.05) is 43.0 Å². The number of carbonyl (C=O) groups is 4. The number of fused-ring (bicyclic) bond motifs is 1. The first kappa shape index (κ1) is 33.1. The number of aliphatic imine (C=N–C) groups is 1. The Balaban J connectivity index is 1.52. The van der Waals surface area contributed by atoms with Gasteiger partial charge < -0.3 is 14.2 Å². The van der Waals surface area contributed by atoms with Gasteiger partial charge in [0.05, 0.1) is 4.92 Å². The third kappa shape index (κ3) is 7.09. The van der Waals surface area contributed by atoms with Crippen molar-refractivity contribution in [3.8, 4) is 0 Å². The summed E-state index contributed by atoms with van der Waals surface area (Å²) in [6.07, 6.45) is 0.957. The van der Waals surface area contributed by atoms with Crippen molar-refractivity contribution in [2.75, 3.05) is 12.4 Å². The molecule has 2 aliphatic rings. The standard InChI is InChI=1S/C34H31N3O9S/c1-3-10-28(39)46-34(35-19-23-15-17-27(18-16-23)37(42)43)32(41)36-29(26(20-44-22(2)38)21-47-33(34)36)31(40)45-30(24-11-6-4-7-12-24)25-13-8-5-9-14-25/h4-9,11-19,30,33H,3,10,20-21H2,1-2H3/t33-,34-/m1/s1. The number of hydrogen-bond acceptors (Lipinski definition) is 11. The molecule has 2 aliphatic heterocycles. The number of nitro groups is 1. The van der Waals surface area contributed by atoms with Crippen molar-refractivity contribution >= 4 is 47.5 Å². The molecule has 2 atom stereocenters. The van der Waals surface area contributed by atoms with Crippen LogP contribution in [0.15, 0.2) is 101 Å². The van der Waals surface area contributed by atoms with Gasteiger partial charge in [0.25, 0.3) is 11.6 Å². The predicted molar refractivity (Wildman–Crippen MR) is 172 cm³/mol. The number of β-lactam (4-membered cyclic amide) rings is 1. The number of rotatable bonds is 12. The number of benzene rings is 3. The molecule has 0 aliphatic carbocycles. The summed E-state index contributed by atoms with van der Waals surface area (Å²) in [5.74, 6) is -2.73.